The van der Waals surface area contributed by atoms with Crippen LogP contribution in [0.15, 0.2) is 5.51 Å². The van der Waals surface area contributed by atoms with Crippen LogP contribution < -0.4 is 0 Å². The Morgan fingerprint density at radius 3 is 2.67 bits per heavy atom. The number of thiazole rings is 1. The van der Waals surface area contributed by atoms with Gasteiger partial charge in [-0.3, -0.25) is 0 Å². The van der Waals surface area contributed by atoms with Gasteiger partial charge in [0, 0.05) is 4.88 Å². The maximum absolute atomic E-state index is 5.97. The summed E-state index contributed by atoms with van der Waals surface area (Å²) in [6.45, 7) is 0. The Labute approximate surface area is 81.8 Å². The molecule has 1 aromatic heterocycles. The lowest BCUT2D eigenvalue weighted by molar-refractivity contribution is 0.448. The van der Waals surface area contributed by atoms with E-state index >= 15 is 0 Å². The van der Waals surface area contributed by atoms with E-state index in [9.17, 15) is 0 Å². The third-order valence-electron chi connectivity index (χ3n) is 2.53. The molecule has 0 radical (unpaired) electrons. The maximum Gasteiger partial charge on any atom is 0.143 e. The first-order valence-corrected chi connectivity index (χ1v) is 5.72. The summed E-state index contributed by atoms with van der Waals surface area (Å²) in [6, 6.07) is 0. The second kappa shape index (κ2) is 3.75. The van der Waals surface area contributed by atoms with E-state index in [-0.39, 0.29) is 0 Å². The lowest BCUT2D eigenvalue weighted by Gasteiger charge is -2.19. The summed E-state index contributed by atoms with van der Waals surface area (Å²) in [5, 5.41) is 0.743. The minimum atomic E-state index is 0.707. The molecule has 0 unspecified atom stereocenters. The van der Waals surface area contributed by atoms with Gasteiger partial charge in [0.1, 0.15) is 5.15 Å². The van der Waals surface area contributed by atoms with Gasteiger partial charge in [0.15, 0.2) is 0 Å². The summed E-state index contributed by atoms with van der Waals surface area (Å²) < 4.78 is 0. The van der Waals surface area contributed by atoms with Crippen molar-refractivity contribution in [3.8, 4) is 0 Å². The largest absolute Gasteiger partial charge is 0.233 e. The molecule has 66 valence electrons. The van der Waals surface area contributed by atoms with Crippen molar-refractivity contribution in [1.29, 1.82) is 0 Å². The average molecular weight is 202 g/mol. The van der Waals surface area contributed by atoms with Crippen LogP contribution in [0.2, 0.25) is 5.15 Å². The van der Waals surface area contributed by atoms with E-state index in [1.165, 1.54) is 37.0 Å². The lowest BCUT2D eigenvalue weighted by Crippen LogP contribution is -2.02. The van der Waals surface area contributed by atoms with Gasteiger partial charge in [0.2, 0.25) is 0 Å². The Morgan fingerprint density at radius 1 is 1.33 bits per heavy atom. The van der Waals surface area contributed by atoms with Crippen molar-refractivity contribution >= 4 is 22.9 Å². The molecule has 0 spiro atoms. The van der Waals surface area contributed by atoms with Gasteiger partial charge in [0.25, 0.3) is 0 Å². The zero-order valence-corrected chi connectivity index (χ0v) is 8.50. The molecule has 0 amide bonds. The van der Waals surface area contributed by atoms with E-state index < -0.39 is 0 Å². The summed E-state index contributed by atoms with van der Waals surface area (Å²) in [5.74, 6) is 0.707. The molecule has 1 heterocycles. The quantitative estimate of drug-likeness (QED) is 0.673. The van der Waals surface area contributed by atoms with E-state index in [0.29, 0.717) is 5.92 Å². The number of hydrogen-bond donors (Lipinski definition) is 0. The molecule has 0 saturated heterocycles. The van der Waals surface area contributed by atoms with Crippen molar-refractivity contribution in [3.05, 3.63) is 15.5 Å². The molecule has 0 aliphatic heterocycles. The summed E-state index contributed by atoms with van der Waals surface area (Å²) in [4.78, 5) is 5.39. The van der Waals surface area contributed by atoms with Crippen LogP contribution in [0, 0.1) is 0 Å². The maximum atomic E-state index is 5.97. The highest BCUT2D eigenvalue weighted by Gasteiger charge is 2.19. The van der Waals surface area contributed by atoms with Crippen molar-refractivity contribution in [2.45, 2.75) is 38.0 Å². The number of nitrogens with zero attached hydrogens (tertiary/aromatic N) is 1. The normalized spacial score (nSPS) is 19.8. The Hall–Kier alpha value is -0.0800. The summed E-state index contributed by atoms with van der Waals surface area (Å²) in [5.41, 5.74) is 1.85. The van der Waals surface area contributed by atoms with Gasteiger partial charge >= 0.3 is 0 Å². The predicted octanol–water partition coefficient (Wildman–Crippen LogP) is 3.84. The standard InChI is InChI=1S/C9H12ClNS/c10-9-8(12-6-11-9)7-4-2-1-3-5-7/h6-7H,1-5H2. The Morgan fingerprint density at radius 2 is 2.08 bits per heavy atom. The summed E-state index contributed by atoms with van der Waals surface area (Å²) in [6.07, 6.45) is 6.73. The smallest absolute Gasteiger partial charge is 0.143 e. The summed E-state index contributed by atoms with van der Waals surface area (Å²) in [7, 11) is 0. The number of rotatable bonds is 1. The summed E-state index contributed by atoms with van der Waals surface area (Å²) >= 11 is 7.69. The van der Waals surface area contributed by atoms with Crippen LogP contribution in [-0.4, -0.2) is 4.98 Å². The number of aromatic nitrogens is 1. The van der Waals surface area contributed by atoms with E-state index in [1.54, 1.807) is 11.3 Å². The van der Waals surface area contributed by atoms with Crippen molar-refractivity contribution < 1.29 is 0 Å². The average Bonchev–Trinajstić information content (AvgIpc) is 2.53. The SMILES string of the molecule is Clc1ncsc1C1CCCCC1. The van der Waals surface area contributed by atoms with Gasteiger partial charge in [-0.05, 0) is 18.8 Å². The lowest BCUT2D eigenvalue weighted by atomic mass is 9.88. The van der Waals surface area contributed by atoms with E-state index in [1.807, 2.05) is 5.51 Å². The van der Waals surface area contributed by atoms with Crippen molar-refractivity contribution in [2.75, 3.05) is 0 Å². The Bertz CT molecular complexity index is 253. The molecule has 1 aromatic rings. The molecule has 1 aliphatic rings. The van der Waals surface area contributed by atoms with Crippen LogP contribution >= 0.6 is 22.9 Å². The number of halogens is 1. The first kappa shape index (κ1) is 8.52. The molecule has 3 heteroatoms. The third kappa shape index (κ3) is 1.64. The van der Waals surface area contributed by atoms with Crippen LogP contribution in [0.5, 0.6) is 0 Å². The molecular weight excluding hydrogens is 190 g/mol. The fourth-order valence-corrected chi connectivity index (χ4v) is 3.12. The minimum absolute atomic E-state index is 0.707. The first-order valence-electron chi connectivity index (χ1n) is 4.47. The van der Waals surface area contributed by atoms with E-state index in [2.05, 4.69) is 4.98 Å². The van der Waals surface area contributed by atoms with Gasteiger partial charge in [-0.15, -0.1) is 11.3 Å². The highest BCUT2D eigenvalue weighted by atomic mass is 35.5. The predicted molar refractivity (Wildman–Crippen MR) is 53.0 cm³/mol. The van der Waals surface area contributed by atoms with Crippen LogP contribution in [-0.2, 0) is 0 Å². The highest BCUT2D eigenvalue weighted by molar-refractivity contribution is 7.10. The second-order valence-electron chi connectivity index (χ2n) is 3.34. The van der Waals surface area contributed by atoms with Gasteiger partial charge < -0.3 is 0 Å². The first-order chi connectivity index (χ1) is 5.88. The van der Waals surface area contributed by atoms with Crippen molar-refractivity contribution in [1.82, 2.24) is 4.98 Å². The van der Waals surface area contributed by atoms with Gasteiger partial charge in [-0.1, -0.05) is 30.9 Å². The fraction of sp³-hybridized carbons (Fsp3) is 0.667. The molecule has 1 fully saturated rings. The minimum Gasteiger partial charge on any atom is -0.233 e. The third-order valence-corrected chi connectivity index (χ3v) is 3.93. The monoisotopic (exact) mass is 201 g/mol. The molecule has 1 aliphatic carbocycles. The van der Waals surface area contributed by atoms with Crippen LogP contribution in [0.1, 0.15) is 42.9 Å². The second-order valence-corrected chi connectivity index (χ2v) is 4.59. The topological polar surface area (TPSA) is 12.9 Å². The van der Waals surface area contributed by atoms with Crippen LogP contribution in [0.25, 0.3) is 0 Å². The van der Waals surface area contributed by atoms with Gasteiger partial charge in [-0.25, -0.2) is 4.98 Å². The number of hydrogen-bond acceptors (Lipinski definition) is 2. The molecule has 12 heavy (non-hydrogen) atoms. The molecule has 0 aromatic carbocycles. The zero-order valence-electron chi connectivity index (χ0n) is 6.92. The zero-order chi connectivity index (χ0) is 8.39. The highest BCUT2D eigenvalue weighted by Crippen LogP contribution is 2.37. The van der Waals surface area contributed by atoms with Crippen molar-refractivity contribution in [2.24, 2.45) is 0 Å². The fourth-order valence-electron chi connectivity index (χ4n) is 1.87. The molecule has 1 nitrogen and oxygen atoms in total. The molecule has 0 atom stereocenters. The molecule has 0 N–H and O–H groups in total. The van der Waals surface area contributed by atoms with Crippen molar-refractivity contribution in [3.63, 3.8) is 0 Å². The molecule has 0 bridgehead atoms. The molecule has 1 saturated carbocycles. The van der Waals surface area contributed by atoms with Crippen LogP contribution in [0.3, 0.4) is 0 Å². The molecular formula is C9H12ClNS. The van der Waals surface area contributed by atoms with Gasteiger partial charge in [0.05, 0.1) is 5.51 Å². The Balaban J connectivity index is 2.13. The van der Waals surface area contributed by atoms with E-state index in [4.69, 9.17) is 11.6 Å². The van der Waals surface area contributed by atoms with E-state index in [0.717, 1.165) is 5.15 Å². The van der Waals surface area contributed by atoms with Crippen LogP contribution in [0.4, 0.5) is 0 Å². The van der Waals surface area contributed by atoms with Gasteiger partial charge in [-0.2, -0.15) is 0 Å². The Kier molecular flexibility index (Phi) is 2.66. The molecule has 2 rings (SSSR count).